The van der Waals surface area contributed by atoms with E-state index in [4.69, 9.17) is 19.2 Å². The van der Waals surface area contributed by atoms with Gasteiger partial charge in [0.2, 0.25) is 0 Å². The van der Waals surface area contributed by atoms with E-state index in [0.29, 0.717) is 0 Å². The normalized spacial score (nSPS) is 14.8. The quantitative estimate of drug-likeness (QED) is 0.291. The van der Waals surface area contributed by atoms with Crippen molar-refractivity contribution in [2.75, 3.05) is 0 Å². The Balaban J connectivity index is 0. The Morgan fingerprint density at radius 3 is 1.89 bits per heavy atom. The molecule has 0 fully saturated rings. The van der Waals surface area contributed by atoms with Crippen LogP contribution in [0.2, 0.25) is 0 Å². The molecule has 2 rings (SSSR count). The summed E-state index contributed by atoms with van der Waals surface area (Å²) in [6.45, 7) is 0. The summed E-state index contributed by atoms with van der Waals surface area (Å²) in [5.41, 5.74) is 0.220. The zero-order valence-electron chi connectivity index (χ0n) is 8.14. The molecule has 0 saturated heterocycles. The number of amides is 1. The maximum atomic E-state index is 11.1. The third-order valence-electron chi connectivity index (χ3n) is 1.65. The molecule has 0 aliphatic carbocycles. The minimum atomic E-state index is -4.64. The van der Waals surface area contributed by atoms with Gasteiger partial charge in [0.1, 0.15) is 4.90 Å². The third kappa shape index (κ3) is 7.73. The minimum absolute atomic E-state index is 0. The van der Waals surface area contributed by atoms with Gasteiger partial charge in [-0.25, -0.2) is 17.7 Å². The van der Waals surface area contributed by atoms with E-state index in [0.717, 1.165) is 0 Å². The Morgan fingerprint density at radius 2 is 1.47 bits per heavy atom. The first-order valence-corrected chi connectivity index (χ1v) is 7.10. The van der Waals surface area contributed by atoms with Gasteiger partial charge >= 0.3 is 83.3 Å². The number of fused-ring (bicyclic) bond motifs is 1. The van der Waals surface area contributed by atoms with Gasteiger partial charge in [-0.15, -0.1) is 0 Å². The Kier molecular flexibility index (Phi) is 10.3. The van der Waals surface area contributed by atoms with E-state index in [2.05, 4.69) is 0 Å². The van der Waals surface area contributed by atoms with Crippen LogP contribution in [0.15, 0.2) is 29.2 Å². The van der Waals surface area contributed by atoms with Gasteiger partial charge in [0, 0.05) is 0 Å². The molecule has 4 N–H and O–H groups in total. The SMILES string of the molecule is O=C1NS(=O)(=O)c2ccccc21.O=P(O)(O)O.[CaH2].[CaH2]. The van der Waals surface area contributed by atoms with Crippen molar-refractivity contribution in [3.05, 3.63) is 29.8 Å². The number of benzene rings is 1. The molecular weight excluding hydrogens is 353 g/mol. The van der Waals surface area contributed by atoms with Gasteiger partial charge in [0.05, 0.1) is 5.56 Å². The zero-order chi connectivity index (χ0) is 13.3. The van der Waals surface area contributed by atoms with Gasteiger partial charge in [-0.1, -0.05) is 12.1 Å². The van der Waals surface area contributed by atoms with Crippen LogP contribution in [0.1, 0.15) is 10.4 Å². The van der Waals surface area contributed by atoms with Crippen LogP contribution in [0.4, 0.5) is 0 Å². The van der Waals surface area contributed by atoms with E-state index in [1.165, 1.54) is 12.1 Å². The van der Waals surface area contributed by atoms with Crippen molar-refractivity contribution in [1.29, 1.82) is 0 Å². The topological polar surface area (TPSA) is 141 Å². The molecule has 1 amide bonds. The summed E-state index contributed by atoms with van der Waals surface area (Å²) in [6, 6.07) is 6.09. The molecule has 0 atom stereocenters. The summed E-state index contributed by atoms with van der Waals surface area (Å²) in [7, 11) is -8.19. The Bertz CT molecular complexity index is 591. The van der Waals surface area contributed by atoms with E-state index in [-0.39, 0.29) is 85.9 Å². The molecule has 1 aromatic carbocycles. The van der Waals surface area contributed by atoms with Crippen LogP contribution < -0.4 is 4.72 Å². The van der Waals surface area contributed by atoms with Crippen LogP contribution in [-0.2, 0) is 14.6 Å². The first-order valence-electron chi connectivity index (χ1n) is 4.06. The predicted octanol–water partition coefficient (Wildman–Crippen LogP) is -2.64. The van der Waals surface area contributed by atoms with Crippen molar-refractivity contribution < 1.29 is 32.5 Å². The number of sulfonamides is 1. The third-order valence-corrected chi connectivity index (χ3v) is 3.04. The van der Waals surface area contributed by atoms with Crippen LogP contribution in [0.3, 0.4) is 0 Å². The van der Waals surface area contributed by atoms with Gasteiger partial charge in [-0.2, -0.15) is 0 Å². The summed E-state index contributed by atoms with van der Waals surface area (Å²) < 4.78 is 33.0. The second-order valence-corrected chi connectivity index (χ2v) is 5.62. The summed E-state index contributed by atoms with van der Waals surface area (Å²) >= 11 is 0. The number of rotatable bonds is 0. The fourth-order valence-electron chi connectivity index (χ4n) is 1.12. The van der Waals surface area contributed by atoms with Crippen LogP contribution in [-0.4, -0.2) is 104 Å². The number of hydrogen-bond acceptors (Lipinski definition) is 4. The number of hydrogen-bond donors (Lipinski definition) is 4. The molecular formula is C7H12Ca2NO7PS. The van der Waals surface area contributed by atoms with E-state index in [1.807, 2.05) is 4.72 Å². The molecule has 0 radical (unpaired) electrons. The molecule has 102 valence electrons. The summed E-state index contributed by atoms with van der Waals surface area (Å²) in [5.74, 6) is -0.550. The average molecular weight is 365 g/mol. The van der Waals surface area contributed by atoms with Gasteiger partial charge in [-0.05, 0) is 12.1 Å². The average Bonchev–Trinajstić information content (AvgIpc) is 2.36. The molecule has 1 heterocycles. The van der Waals surface area contributed by atoms with E-state index in [9.17, 15) is 13.2 Å². The van der Waals surface area contributed by atoms with E-state index in [1.54, 1.807) is 12.1 Å². The Morgan fingerprint density at radius 1 is 1.05 bits per heavy atom. The predicted molar refractivity (Wildman–Crippen MR) is 72.4 cm³/mol. The number of nitrogens with one attached hydrogen (secondary N) is 1. The van der Waals surface area contributed by atoms with E-state index >= 15 is 0 Å². The molecule has 1 aromatic rings. The van der Waals surface area contributed by atoms with Crippen molar-refractivity contribution in [3.8, 4) is 0 Å². The maximum absolute atomic E-state index is 11.1. The van der Waals surface area contributed by atoms with Crippen molar-refractivity contribution in [3.63, 3.8) is 0 Å². The molecule has 0 aromatic heterocycles. The first kappa shape index (κ1) is 22.5. The fourth-order valence-corrected chi connectivity index (χ4v) is 2.29. The molecule has 1 aliphatic heterocycles. The molecule has 8 nitrogen and oxygen atoms in total. The van der Waals surface area contributed by atoms with Crippen molar-refractivity contribution in [1.82, 2.24) is 4.72 Å². The molecule has 0 unspecified atom stereocenters. The molecule has 0 spiro atoms. The van der Waals surface area contributed by atoms with Crippen LogP contribution in [0, 0.1) is 0 Å². The Labute approximate surface area is 168 Å². The zero-order valence-corrected chi connectivity index (χ0v) is 9.85. The first-order chi connectivity index (χ1) is 7.61. The van der Waals surface area contributed by atoms with Crippen molar-refractivity contribution >= 4 is 99.2 Å². The van der Waals surface area contributed by atoms with Gasteiger partial charge in [0.15, 0.2) is 0 Å². The van der Waals surface area contributed by atoms with Gasteiger partial charge < -0.3 is 14.7 Å². The van der Waals surface area contributed by atoms with Crippen LogP contribution >= 0.6 is 7.82 Å². The molecule has 0 bridgehead atoms. The Hall–Kier alpha value is 1.27. The monoisotopic (exact) mass is 365 g/mol. The fraction of sp³-hybridized carbons (Fsp3) is 0. The second-order valence-electron chi connectivity index (χ2n) is 2.94. The number of phosphoric acid groups is 1. The standard InChI is InChI=1S/C7H5NO3S.2Ca.H3O4P.4H/c9-7-5-3-1-2-4-6(5)12(10,11)8-7;;;1-5(2,3)4;;;;/h1-4H,(H,8,9);;;(H3,1,2,3,4);;;;. The van der Waals surface area contributed by atoms with Gasteiger partial charge in [0.25, 0.3) is 15.9 Å². The molecule has 12 heteroatoms. The molecule has 0 saturated carbocycles. The second kappa shape index (κ2) is 8.65. The summed E-state index contributed by atoms with van der Waals surface area (Å²) in [5, 5.41) is 0. The number of carbonyl (C=O) groups is 1. The van der Waals surface area contributed by atoms with Crippen molar-refractivity contribution in [2.24, 2.45) is 0 Å². The summed E-state index contributed by atoms with van der Waals surface area (Å²) in [6.07, 6.45) is 0. The van der Waals surface area contributed by atoms with E-state index < -0.39 is 23.8 Å². The summed E-state index contributed by atoms with van der Waals surface area (Å²) in [4.78, 5) is 32.6. The number of carbonyl (C=O) groups excluding carboxylic acids is 1. The molecule has 1 aliphatic rings. The van der Waals surface area contributed by atoms with Crippen LogP contribution in [0.5, 0.6) is 0 Å². The van der Waals surface area contributed by atoms with Gasteiger partial charge in [-0.3, -0.25) is 4.79 Å². The van der Waals surface area contributed by atoms with Crippen molar-refractivity contribution in [2.45, 2.75) is 4.90 Å². The molecule has 19 heavy (non-hydrogen) atoms. The van der Waals surface area contributed by atoms with Crippen LogP contribution in [0.25, 0.3) is 0 Å².